The van der Waals surface area contributed by atoms with Gasteiger partial charge in [0.15, 0.2) is 5.78 Å². The molecule has 0 aliphatic heterocycles. The number of benzene rings is 2. The van der Waals surface area contributed by atoms with Crippen LogP contribution in [-0.2, 0) is 4.79 Å². The van der Waals surface area contributed by atoms with Gasteiger partial charge >= 0.3 is 0 Å². The van der Waals surface area contributed by atoms with Crippen molar-refractivity contribution in [2.45, 2.75) is 26.7 Å². The number of carbonyl (C=O) groups is 2. The van der Waals surface area contributed by atoms with E-state index in [2.05, 4.69) is 10.6 Å². The molecule has 1 aliphatic carbocycles. The van der Waals surface area contributed by atoms with E-state index in [0.29, 0.717) is 29.1 Å². The zero-order chi connectivity index (χ0) is 18.0. The molecule has 1 amide bonds. The van der Waals surface area contributed by atoms with Crippen LogP contribution in [0.3, 0.4) is 0 Å². The number of Topliss-reactive ketones (excluding diaryl/α,β-unsaturated/α-hetero) is 1. The van der Waals surface area contributed by atoms with Crippen LogP contribution in [-0.4, -0.2) is 11.7 Å². The van der Waals surface area contributed by atoms with Crippen LogP contribution in [0.1, 0.15) is 35.7 Å². The Kier molecular flexibility index (Phi) is 4.91. The van der Waals surface area contributed by atoms with Crippen molar-refractivity contribution >= 4 is 34.7 Å². The highest BCUT2D eigenvalue weighted by Gasteiger charge is 2.20. The summed E-state index contributed by atoms with van der Waals surface area (Å²) < 4.78 is 0. The van der Waals surface area contributed by atoms with Crippen molar-refractivity contribution in [2.75, 3.05) is 10.6 Å². The molecule has 0 saturated carbocycles. The maximum Gasteiger partial charge on any atom is 0.255 e. The summed E-state index contributed by atoms with van der Waals surface area (Å²) in [5.74, 6) is -0.0572. The van der Waals surface area contributed by atoms with Gasteiger partial charge in [0.1, 0.15) is 0 Å². The topological polar surface area (TPSA) is 58.2 Å². The Labute approximate surface area is 151 Å². The maximum absolute atomic E-state index is 12.4. The molecular weight excluding hydrogens is 336 g/mol. The quantitative estimate of drug-likeness (QED) is 0.816. The number of aryl methyl sites for hydroxylation is 1. The Morgan fingerprint density at radius 3 is 2.52 bits per heavy atom. The van der Waals surface area contributed by atoms with Gasteiger partial charge in [-0.05, 0) is 56.2 Å². The molecule has 0 unspecified atom stereocenters. The minimum atomic E-state index is -0.217. The number of hydrogen-bond donors (Lipinski definition) is 2. The molecule has 1 aliphatic rings. The fraction of sp³-hybridized carbons (Fsp3) is 0.200. The third-order valence-electron chi connectivity index (χ3n) is 4.27. The van der Waals surface area contributed by atoms with Crippen molar-refractivity contribution in [1.29, 1.82) is 0 Å². The normalized spacial score (nSPS) is 14.0. The van der Waals surface area contributed by atoms with Gasteiger partial charge < -0.3 is 10.6 Å². The van der Waals surface area contributed by atoms with Gasteiger partial charge in [-0.1, -0.05) is 23.7 Å². The molecule has 0 spiro atoms. The first-order valence-corrected chi connectivity index (χ1v) is 8.49. The van der Waals surface area contributed by atoms with E-state index >= 15 is 0 Å². The van der Waals surface area contributed by atoms with Gasteiger partial charge in [0.05, 0.1) is 10.7 Å². The van der Waals surface area contributed by atoms with Crippen molar-refractivity contribution < 1.29 is 9.59 Å². The van der Waals surface area contributed by atoms with E-state index in [1.165, 1.54) is 0 Å². The third kappa shape index (κ3) is 3.91. The fourth-order valence-corrected chi connectivity index (χ4v) is 3.01. The summed E-state index contributed by atoms with van der Waals surface area (Å²) in [5.41, 5.74) is 4.63. The number of amides is 1. The predicted octanol–water partition coefficient (Wildman–Crippen LogP) is 4.95. The Bertz CT molecular complexity index is 887. The molecule has 4 nitrogen and oxygen atoms in total. The van der Waals surface area contributed by atoms with Gasteiger partial charge in [0.2, 0.25) is 0 Å². The van der Waals surface area contributed by atoms with Crippen LogP contribution in [0.15, 0.2) is 53.7 Å². The number of rotatable bonds is 4. The van der Waals surface area contributed by atoms with Crippen molar-refractivity contribution in [3.05, 3.63) is 69.9 Å². The number of ketones is 1. The lowest BCUT2D eigenvalue weighted by molar-refractivity contribution is -0.114. The molecule has 128 valence electrons. The number of carbonyl (C=O) groups excluding carboxylic acids is 2. The highest BCUT2D eigenvalue weighted by molar-refractivity contribution is 6.33. The van der Waals surface area contributed by atoms with Gasteiger partial charge in [-0.15, -0.1) is 0 Å². The van der Waals surface area contributed by atoms with Crippen LogP contribution in [0.25, 0.3) is 0 Å². The molecule has 3 rings (SSSR count). The maximum atomic E-state index is 12.4. The molecule has 2 N–H and O–H groups in total. The SMILES string of the molecule is CC1=C(Nc2ccc(C(=O)Nc3cccc(C)c3)cc2Cl)CCC1=O. The second kappa shape index (κ2) is 7.11. The van der Waals surface area contributed by atoms with E-state index in [9.17, 15) is 9.59 Å². The zero-order valence-electron chi connectivity index (χ0n) is 14.2. The van der Waals surface area contributed by atoms with Crippen molar-refractivity contribution in [1.82, 2.24) is 0 Å². The summed E-state index contributed by atoms with van der Waals surface area (Å²) in [5, 5.41) is 6.51. The molecule has 0 fully saturated rings. The molecule has 0 saturated heterocycles. The number of anilines is 2. The van der Waals surface area contributed by atoms with Crippen LogP contribution < -0.4 is 10.6 Å². The van der Waals surface area contributed by atoms with E-state index in [1.807, 2.05) is 38.1 Å². The third-order valence-corrected chi connectivity index (χ3v) is 4.58. The molecule has 2 aromatic carbocycles. The minimum Gasteiger partial charge on any atom is -0.357 e. The van der Waals surface area contributed by atoms with Crippen LogP contribution >= 0.6 is 11.6 Å². The van der Waals surface area contributed by atoms with Crippen molar-refractivity contribution in [3.63, 3.8) is 0 Å². The lowest BCUT2D eigenvalue weighted by atomic mass is 10.1. The molecule has 25 heavy (non-hydrogen) atoms. The summed E-state index contributed by atoms with van der Waals surface area (Å²) >= 11 is 6.31. The monoisotopic (exact) mass is 354 g/mol. The van der Waals surface area contributed by atoms with Crippen LogP contribution in [0.5, 0.6) is 0 Å². The zero-order valence-corrected chi connectivity index (χ0v) is 14.9. The number of halogens is 1. The van der Waals surface area contributed by atoms with Gasteiger partial charge in [0.25, 0.3) is 5.91 Å². The Morgan fingerprint density at radius 2 is 1.88 bits per heavy atom. The van der Waals surface area contributed by atoms with Gasteiger partial charge in [-0.3, -0.25) is 9.59 Å². The molecule has 0 radical (unpaired) electrons. The molecule has 5 heteroatoms. The second-order valence-electron chi connectivity index (χ2n) is 6.17. The van der Waals surface area contributed by atoms with E-state index in [0.717, 1.165) is 22.5 Å². The summed E-state index contributed by atoms with van der Waals surface area (Å²) in [4.78, 5) is 24.0. The highest BCUT2D eigenvalue weighted by Crippen LogP contribution is 2.29. The average molecular weight is 355 g/mol. The standard InChI is InChI=1S/C20H19ClN2O2/c1-12-4-3-5-15(10-12)22-20(25)14-6-7-18(16(21)11-14)23-17-8-9-19(24)13(17)2/h3-7,10-11,23H,8-9H2,1-2H3,(H,22,25). The number of hydrogen-bond acceptors (Lipinski definition) is 3. The molecule has 0 atom stereocenters. The Hall–Kier alpha value is -2.59. The summed E-state index contributed by atoms with van der Waals surface area (Å²) in [7, 11) is 0. The number of nitrogens with one attached hydrogen (secondary N) is 2. The first-order chi connectivity index (χ1) is 11.9. The smallest absolute Gasteiger partial charge is 0.255 e. The van der Waals surface area contributed by atoms with E-state index < -0.39 is 0 Å². The average Bonchev–Trinajstić information content (AvgIpc) is 2.88. The summed E-state index contributed by atoms with van der Waals surface area (Å²) in [6.07, 6.45) is 1.22. The second-order valence-corrected chi connectivity index (χ2v) is 6.58. The first kappa shape index (κ1) is 17.2. The van der Waals surface area contributed by atoms with E-state index in [-0.39, 0.29) is 11.7 Å². The van der Waals surface area contributed by atoms with Gasteiger partial charge in [0, 0.05) is 28.9 Å². The van der Waals surface area contributed by atoms with Crippen LogP contribution in [0.4, 0.5) is 11.4 Å². The lowest BCUT2D eigenvalue weighted by Gasteiger charge is -2.12. The molecule has 0 aromatic heterocycles. The van der Waals surface area contributed by atoms with Gasteiger partial charge in [-0.2, -0.15) is 0 Å². The van der Waals surface area contributed by atoms with Crippen molar-refractivity contribution in [3.8, 4) is 0 Å². The molecular formula is C20H19ClN2O2. The molecule has 0 bridgehead atoms. The Morgan fingerprint density at radius 1 is 1.08 bits per heavy atom. The summed E-state index contributed by atoms with van der Waals surface area (Å²) in [6.45, 7) is 3.78. The Balaban J connectivity index is 1.75. The minimum absolute atomic E-state index is 0.160. The van der Waals surface area contributed by atoms with Crippen LogP contribution in [0.2, 0.25) is 5.02 Å². The van der Waals surface area contributed by atoms with E-state index in [4.69, 9.17) is 11.6 Å². The molecule has 0 heterocycles. The molecule has 2 aromatic rings. The van der Waals surface area contributed by atoms with Crippen LogP contribution in [0, 0.1) is 6.92 Å². The van der Waals surface area contributed by atoms with Gasteiger partial charge in [-0.25, -0.2) is 0 Å². The summed E-state index contributed by atoms with van der Waals surface area (Å²) in [6, 6.07) is 12.7. The number of allylic oxidation sites excluding steroid dienone is 2. The largest absolute Gasteiger partial charge is 0.357 e. The van der Waals surface area contributed by atoms with E-state index in [1.54, 1.807) is 18.2 Å². The van der Waals surface area contributed by atoms with Crippen molar-refractivity contribution in [2.24, 2.45) is 0 Å². The first-order valence-electron chi connectivity index (χ1n) is 8.11. The highest BCUT2D eigenvalue weighted by atomic mass is 35.5. The fourth-order valence-electron chi connectivity index (χ4n) is 2.78. The predicted molar refractivity (Wildman–Crippen MR) is 101 cm³/mol. The lowest BCUT2D eigenvalue weighted by Crippen LogP contribution is -2.12.